The van der Waals surface area contributed by atoms with Gasteiger partial charge in [-0.2, -0.15) is 25.2 Å². The van der Waals surface area contributed by atoms with Gasteiger partial charge in [0, 0.05) is 14.7 Å². The second kappa shape index (κ2) is 13.7. The second-order valence-electron chi connectivity index (χ2n) is 11.5. The van der Waals surface area contributed by atoms with E-state index in [1.54, 1.807) is 47.6 Å². The lowest BCUT2D eigenvalue weighted by atomic mass is 10.2. The molecule has 0 atom stereocenters. The third-order valence-corrected chi connectivity index (χ3v) is 10.3. The van der Waals surface area contributed by atoms with Crippen LogP contribution in [0.2, 0.25) is 0 Å². The fraction of sp³-hybridized carbons (Fsp3) is 0.355. The Labute approximate surface area is 262 Å². The fourth-order valence-electron chi connectivity index (χ4n) is 3.79. The summed E-state index contributed by atoms with van der Waals surface area (Å²) >= 11 is 0. The van der Waals surface area contributed by atoms with Gasteiger partial charge in [0.05, 0.1) is 0 Å². The van der Waals surface area contributed by atoms with Gasteiger partial charge in [0.15, 0.2) is 13.2 Å². The lowest BCUT2D eigenvalue weighted by molar-refractivity contribution is -0.158. The smallest absolute Gasteiger partial charge is 0.482 e. The van der Waals surface area contributed by atoms with Crippen molar-refractivity contribution in [1.82, 2.24) is 0 Å². The van der Waals surface area contributed by atoms with Crippen molar-refractivity contribution in [2.75, 3.05) is 13.2 Å². The van der Waals surface area contributed by atoms with Gasteiger partial charge in [0.2, 0.25) is 0 Å². The number of carbonyl (C=O) groups excluding carboxylic acids is 2. The summed E-state index contributed by atoms with van der Waals surface area (Å²) in [6.07, 6.45) is 0. The Kier molecular flexibility index (Phi) is 10.9. The van der Waals surface area contributed by atoms with Crippen LogP contribution in [-0.4, -0.2) is 50.3 Å². The molecular weight excluding hydrogens is 637 g/mol. The summed E-state index contributed by atoms with van der Waals surface area (Å²) in [5.41, 5.74) is -7.20. The summed E-state index contributed by atoms with van der Waals surface area (Å²) in [7, 11) is -9.77. The monoisotopic (exact) mass is 672 g/mol. The zero-order valence-electron chi connectivity index (χ0n) is 25.5. The third kappa shape index (κ3) is 9.87. The molecule has 0 heterocycles. The number of ether oxygens (including phenoxy) is 4. The van der Waals surface area contributed by atoms with Crippen molar-refractivity contribution in [3.8, 4) is 11.5 Å². The number of alkyl halides is 3. The Morgan fingerprint density at radius 1 is 0.600 bits per heavy atom. The summed E-state index contributed by atoms with van der Waals surface area (Å²) in [6.45, 7) is 9.30. The van der Waals surface area contributed by atoms with E-state index in [2.05, 4.69) is 0 Å². The minimum atomic E-state index is -6.15. The number of halogens is 3. The Balaban J connectivity index is 2.07. The van der Waals surface area contributed by atoms with Crippen molar-refractivity contribution in [3.05, 3.63) is 78.9 Å². The predicted octanol–water partition coefficient (Wildman–Crippen LogP) is 7.19. The van der Waals surface area contributed by atoms with Crippen LogP contribution in [-0.2, 0) is 32.8 Å². The van der Waals surface area contributed by atoms with Gasteiger partial charge in [0.1, 0.15) is 22.7 Å². The first-order valence-electron chi connectivity index (χ1n) is 13.5. The van der Waals surface area contributed by atoms with Gasteiger partial charge < -0.3 is 18.9 Å². The molecule has 0 radical (unpaired) electrons. The lowest BCUT2D eigenvalue weighted by Crippen LogP contribution is -2.27. The normalized spacial score (nSPS) is 13.1. The molecule has 0 bridgehead atoms. The molecule has 9 nitrogen and oxygen atoms in total. The summed E-state index contributed by atoms with van der Waals surface area (Å²) in [4.78, 5) is 24.5. The highest BCUT2D eigenvalue weighted by Gasteiger charge is 2.52. The summed E-state index contributed by atoms with van der Waals surface area (Å²) in [6, 6.07) is 18.6. The molecule has 0 N–H and O–H groups in total. The molecule has 3 rings (SSSR count). The van der Waals surface area contributed by atoms with E-state index in [1.807, 2.05) is 0 Å². The maximum Gasteiger partial charge on any atom is 0.524 e. The minimum Gasteiger partial charge on any atom is -0.482 e. The van der Waals surface area contributed by atoms with E-state index in [-0.39, 0.29) is 26.2 Å². The first-order chi connectivity index (χ1) is 20.7. The highest BCUT2D eigenvalue weighted by Crippen LogP contribution is 2.70. The Morgan fingerprint density at radius 3 is 1.29 bits per heavy atom. The molecule has 0 aliphatic heterocycles. The Bertz CT molecular complexity index is 1480. The topological polar surface area (TPSA) is 114 Å². The molecule has 0 amide bonds. The summed E-state index contributed by atoms with van der Waals surface area (Å²) < 4.78 is 93.3. The first kappa shape index (κ1) is 35.7. The molecule has 0 unspecified atom stereocenters. The molecule has 0 spiro atoms. The van der Waals surface area contributed by atoms with Gasteiger partial charge in [-0.25, -0.2) is 9.59 Å². The maximum absolute atomic E-state index is 13.8. The van der Waals surface area contributed by atoms with Crippen LogP contribution in [0.1, 0.15) is 41.5 Å². The van der Waals surface area contributed by atoms with Gasteiger partial charge in [0.25, 0.3) is 0 Å². The molecular formula is C31H35F3O9S2. The molecule has 0 saturated heterocycles. The van der Waals surface area contributed by atoms with Gasteiger partial charge in [-0.1, -0.05) is 18.2 Å². The van der Waals surface area contributed by atoms with E-state index < -0.39 is 62.3 Å². The van der Waals surface area contributed by atoms with E-state index in [0.717, 1.165) is 0 Å². The van der Waals surface area contributed by atoms with Crippen molar-refractivity contribution in [2.24, 2.45) is 0 Å². The fourth-order valence-corrected chi connectivity index (χ4v) is 8.51. The largest absolute Gasteiger partial charge is 0.524 e. The average Bonchev–Trinajstić information content (AvgIpc) is 2.92. The van der Waals surface area contributed by atoms with Gasteiger partial charge >= 0.3 is 27.6 Å². The average molecular weight is 673 g/mol. The van der Waals surface area contributed by atoms with Crippen molar-refractivity contribution in [2.45, 2.75) is 72.9 Å². The van der Waals surface area contributed by atoms with Crippen LogP contribution in [0.3, 0.4) is 0 Å². The van der Waals surface area contributed by atoms with Crippen LogP contribution in [0, 0.1) is 0 Å². The summed E-state index contributed by atoms with van der Waals surface area (Å²) in [5.74, 6) is -0.917. The van der Waals surface area contributed by atoms with E-state index in [4.69, 9.17) is 22.6 Å². The highest BCUT2D eigenvalue weighted by atomic mass is 32.3. The molecule has 0 fully saturated rings. The Morgan fingerprint density at radius 2 is 0.956 bits per heavy atom. The van der Waals surface area contributed by atoms with Crippen LogP contribution in [0.25, 0.3) is 0 Å². The molecule has 45 heavy (non-hydrogen) atoms. The lowest BCUT2D eigenvalue weighted by Gasteiger charge is -2.39. The first-order valence-corrected chi connectivity index (χ1v) is 16.5. The van der Waals surface area contributed by atoms with Crippen LogP contribution in [0.5, 0.6) is 11.5 Å². The molecule has 0 aliphatic rings. The molecule has 0 aromatic heterocycles. The van der Waals surface area contributed by atoms with Crippen molar-refractivity contribution >= 4 is 32.4 Å². The molecule has 246 valence electrons. The zero-order chi connectivity index (χ0) is 33.7. The van der Waals surface area contributed by atoms with Crippen molar-refractivity contribution < 1.29 is 53.8 Å². The van der Waals surface area contributed by atoms with Gasteiger partial charge in [-0.15, -0.1) is 0 Å². The number of rotatable bonds is 11. The third-order valence-electron chi connectivity index (χ3n) is 5.41. The van der Waals surface area contributed by atoms with Crippen LogP contribution in [0.15, 0.2) is 93.5 Å². The van der Waals surface area contributed by atoms with Crippen molar-refractivity contribution in [3.63, 3.8) is 0 Å². The van der Waals surface area contributed by atoms with Crippen molar-refractivity contribution in [1.29, 1.82) is 0 Å². The molecule has 3 aromatic carbocycles. The SMILES string of the molecule is CC(C)(C)OC(=O)COc1ccc(S(OS(=O)(=O)C(F)(F)F)(c2ccccc2)c2ccc(OCC(=O)OC(C)(C)C)cc2)cc1. The van der Waals surface area contributed by atoms with Crippen LogP contribution in [0.4, 0.5) is 13.2 Å². The van der Waals surface area contributed by atoms with Crippen LogP contribution < -0.4 is 9.47 Å². The number of esters is 2. The standard InChI is InChI=1S/C31H35F3O9S2/c1-29(2,3)41-27(35)20-39-22-12-16-25(17-13-22)44(24-10-8-7-9-11-24,43-45(37,38)31(32,33)34)26-18-14-23(15-19-26)40-21-28(36)42-30(4,5)6/h7-19H,20-21H2,1-6H3. The minimum absolute atomic E-state index is 0.0774. The molecule has 14 heteroatoms. The quantitative estimate of drug-likeness (QED) is 0.154. The van der Waals surface area contributed by atoms with E-state index >= 15 is 0 Å². The number of benzene rings is 3. The van der Waals surface area contributed by atoms with Gasteiger partial charge in [-0.05, 0) is 113 Å². The van der Waals surface area contributed by atoms with E-state index in [0.29, 0.717) is 0 Å². The number of carbonyl (C=O) groups is 2. The molecule has 3 aromatic rings. The van der Waals surface area contributed by atoms with E-state index in [9.17, 15) is 31.2 Å². The zero-order valence-corrected chi connectivity index (χ0v) is 27.2. The number of hydrogen-bond acceptors (Lipinski definition) is 9. The number of hydrogen-bond donors (Lipinski definition) is 0. The van der Waals surface area contributed by atoms with E-state index in [1.165, 1.54) is 72.8 Å². The summed E-state index contributed by atoms with van der Waals surface area (Å²) in [5, 5.41) is 0. The van der Waals surface area contributed by atoms with Crippen LogP contribution >= 0.6 is 10.3 Å². The second-order valence-corrected chi connectivity index (χ2v) is 16.0. The molecule has 0 saturated carbocycles. The van der Waals surface area contributed by atoms with Gasteiger partial charge in [-0.3, -0.25) is 0 Å². The molecule has 0 aliphatic carbocycles. The highest BCUT2D eigenvalue weighted by molar-refractivity contribution is 8.33. The maximum atomic E-state index is 13.8. The Hall–Kier alpha value is -3.75. The predicted molar refractivity (Wildman–Crippen MR) is 160 cm³/mol.